The lowest BCUT2D eigenvalue weighted by Gasteiger charge is -2.32. The molecule has 1 N–H and O–H groups in total. The number of rotatable bonds is 8. The lowest BCUT2D eigenvalue weighted by Crippen LogP contribution is -2.31. The summed E-state index contributed by atoms with van der Waals surface area (Å²) in [6.07, 6.45) is 5.62. The molecule has 21 heavy (non-hydrogen) atoms. The second-order valence-corrected chi connectivity index (χ2v) is 5.81. The summed E-state index contributed by atoms with van der Waals surface area (Å²) in [5, 5.41) is 10.1. The first-order valence-electron chi connectivity index (χ1n) is 7.58. The van der Waals surface area contributed by atoms with Crippen molar-refractivity contribution in [2.75, 3.05) is 6.61 Å². The van der Waals surface area contributed by atoms with E-state index in [-0.39, 0.29) is 12.0 Å². The van der Waals surface area contributed by atoms with E-state index in [0.717, 1.165) is 25.7 Å². The molecule has 0 radical (unpaired) electrons. The van der Waals surface area contributed by atoms with Gasteiger partial charge in [-0.15, -0.1) is 6.58 Å². The van der Waals surface area contributed by atoms with Gasteiger partial charge in [-0.2, -0.15) is 0 Å². The summed E-state index contributed by atoms with van der Waals surface area (Å²) < 4.78 is 0. The molecular weight excluding hydrogens is 256 g/mol. The molecule has 0 amide bonds. The highest BCUT2D eigenvalue weighted by Gasteiger charge is 2.29. The number of aliphatic hydroxyl groups excluding tert-OH is 1. The average Bonchev–Trinajstić information content (AvgIpc) is 2.54. The fraction of sp³-hybridized carbons (Fsp3) is 0.300. The van der Waals surface area contributed by atoms with E-state index in [1.54, 1.807) is 0 Å². The van der Waals surface area contributed by atoms with Crippen LogP contribution in [0.15, 0.2) is 73.3 Å². The number of hydrogen-bond acceptors (Lipinski definition) is 1. The average molecular weight is 280 g/mol. The van der Waals surface area contributed by atoms with Gasteiger partial charge < -0.3 is 5.11 Å². The molecule has 0 bridgehead atoms. The third kappa shape index (κ3) is 4.57. The molecule has 1 nitrogen and oxygen atoms in total. The van der Waals surface area contributed by atoms with Crippen LogP contribution in [0.5, 0.6) is 0 Å². The molecule has 0 saturated carbocycles. The predicted octanol–water partition coefficient (Wildman–Crippen LogP) is 4.42. The van der Waals surface area contributed by atoms with Crippen molar-refractivity contribution in [3.05, 3.63) is 84.4 Å². The van der Waals surface area contributed by atoms with Crippen LogP contribution in [0.2, 0.25) is 0 Å². The molecule has 2 aromatic carbocycles. The minimum absolute atomic E-state index is 0.114. The normalized spacial score (nSPS) is 11.3. The highest BCUT2D eigenvalue weighted by atomic mass is 16.3. The Morgan fingerprint density at radius 1 is 0.857 bits per heavy atom. The van der Waals surface area contributed by atoms with Gasteiger partial charge in [0, 0.05) is 12.0 Å². The second kappa shape index (κ2) is 7.80. The van der Waals surface area contributed by atoms with Gasteiger partial charge >= 0.3 is 0 Å². The monoisotopic (exact) mass is 280 g/mol. The molecular formula is C20H24O. The van der Waals surface area contributed by atoms with E-state index >= 15 is 0 Å². The Morgan fingerprint density at radius 2 is 1.33 bits per heavy atom. The summed E-state index contributed by atoms with van der Waals surface area (Å²) in [6.45, 7) is 4.03. The van der Waals surface area contributed by atoms with Crippen molar-refractivity contribution in [2.45, 2.75) is 25.7 Å². The van der Waals surface area contributed by atoms with Crippen molar-refractivity contribution in [1.29, 1.82) is 0 Å². The van der Waals surface area contributed by atoms with Crippen LogP contribution >= 0.6 is 0 Å². The van der Waals surface area contributed by atoms with Gasteiger partial charge in [-0.05, 0) is 36.8 Å². The van der Waals surface area contributed by atoms with E-state index in [1.165, 1.54) is 11.1 Å². The van der Waals surface area contributed by atoms with Crippen molar-refractivity contribution in [3.8, 4) is 0 Å². The zero-order valence-electron chi connectivity index (χ0n) is 12.5. The first kappa shape index (κ1) is 15.5. The molecule has 0 atom stereocenters. The molecule has 0 aromatic heterocycles. The minimum Gasteiger partial charge on any atom is -0.396 e. The molecule has 0 aliphatic rings. The molecule has 2 aromatic rings. The Morgan fingerprint density at radius 3 is 1.71 bits per heavy atom. The maximum absolute atomic E-state index is 10.1. The van der Waals surface area contributed by atoms with Crippen LogP contribution in [-0.4, -0.2) is 11.7 Å². The smallest absolute Gasteiger partial charge is 0.0493 e. The van der Waals surface area contributed by atoms with Crippen molar-refractivity contribution in [2.24, 2.45) is 5.41 Å². The molecule has 2 rings (SSSR count). The number of allylic oxidation sites excluding steroid dienone is 1. The van der Waals surface area contributed by atoms with E-state index in [9.17, 15) is 5.11 Å². The van der Waals surface area contributed by atoms with Crippen LogP contribution in [-0.2, 0) is 12.8 Å². The molecule has 0 spiro atoms. The van der Waals surface area contributed by atoms with Crippen LogP contribution in [0.4, 0.5) is 0 Å². The molecule has 0 aliphatic carbocycles. The second-order valence-electron chi connectivity index (χ2n) is 5.81. The predicted molar refractivity (Wildman–Crippen MR) is 89.2 cm³/mol. The van der Waals surface area contributed by atoms with E-state index in [2.05, 4.69) is 55.1 Å². The third-order valence-electron chi connectivity index (χ3n) is 4.06. The van der Waals surface area contributed by atoms with E-state index < -0.39 is 0 Å². The van der Waals surface area contributed by atoms with Gasteiger partial charge in [0.15, 0.2) is 0 Å². The van der Waals surface area contributed by atoms with E-state index in [1.807, 2.05) is 18.2 Å². The lowest BCUT2D eigenvalue weighted by atomic mass is 9.74. The van der Waals surface area contributed by atoms with Crippen LogP contribution in [0.25, 0.3) is 0 Å². The van der Waals surface area contributed by atoms with Crippen LogP contribution in [0.1, 0.15) is 24.0 Å². The molecule has 0 saturated heterocycles. The minimum atomic E-state index is -0.114. The maximum Gasteiger partial charge on any atom is 0.0493 e. The van der Waals surface area contributed by atoms with Crippen molar-refractivity contribution < 1.29 is 5.11 Å². The Bertz CT molecular complexity index is 489. The Labute approximate surface area is 128 Å². The molecule has 110 valence electrons. The van der Waals surface area contributed by atoms with Crippen molar-refractivity contribution >= 4 is 0 Å². The molecule has 1 heteroatoms. The summed E-state index contributed by atoms with van der Waals surface area (Å²) in [7, 11) is 0. The van der Waals surface area contributed by atoms with Gasteiger partial charge in [-0.1, -0.05) is 66.7 Å². The van der Waals surface area contributed by atoms with Gasteiger partial charge in [0.25, 0.3) is 0 Å². The fourth-order valence-electron chi connectivity index (χ4n) is 2.90. The topological polar surface area (TPSA) is 20.2 Å². The highest BCUT2D eigenvalue weighted by molar-refractivity contribution is 5.21. The largest absolute Gasteiger partial charge is 0.396 e. The Balaban J connectivity index is 2.22. The summed E-state index contributed by atoms with van der Waals surface area (Å²) in [5.41, 5.74) is 2.45. The zero-order valence-corrected chi connectivity index (χ0v) is 12.5. The lowest BCUT2D eigenvalue weighted by molar-refractivity contribution is 0.115. The summed E-state index contributed by atoms with van der Waals surface area (Å²) in [5.74, 6) is 0. The molecule has 0 aliphatic heterocycles. The summed E-state index contributed by atoms with van der Waals surface area (Å²) in [4.78, 5) is 0. The Hall–Kier alpha value is -1.86. The summed E-state index contributed by atoms with van der Waals surface area (Å²) in [6, 6.07) is 20.9. The molecule has 0 heterocycles. The van der Waals surface area contributed by atoms with E-state index in [4.69, 9.17) is 0 Å². The van der Waals surface area contributed by atoms with Crippen molar-refractivity contribution in [3.63, 3.8) is 0 Å². The maximum atomic E-state index is 10.1. The number of aliphatic hydroxyl groups is 1. The Kier molecular flexibility index (Phi) is 5.77. The van der Waals surface area contributed by atoms with Gasteiger partial charge in [0.2, 0.25) is 0 Å². The SMILES string of the molecule is C=CCCC(CO)(Cc1ccccc1)Cc1ccccc1. The number of hydrogen-bond donors (Lipinski definition) is 1. The first-order valence-corrected chi connectivity index (χ1v) is 7.58. The van der Waals surface area contributed by atoms with E-state index in [0.29, 0.717) is 0 Å². The molecule has 0 fully saturated rings. The summed E-state index contributed by atoms with van der Waals surface area (Å²) >= 11 is 0. The quantitative estimate of drug-likeness (QED) is 0.710. The third-order valence-corrected chi connectivity index (χ3v) is 4.06. The fourth-order valence-corrected chi connectivity index (χ4v) is 2.90. The van der Waals surface area contributed by atoms with Gasteiger partial charge in [0.1, 0.15) is 0 Å². The standard InChI is InChI=1S/C20H24O/c1-2-3-14-20(17-21,15-18-10-6-4-7-11-18)16-19-12-8-5-9-13-19/h2,4-13,21H,1,3,14-17H2. The van der Waals surface area contributed by atoms with Crippen LogP contribution in [0.3, 0.4) is 0 Å². The van der Waals surface area contributed by atoms with Gasteiger partial charge in [-0.25, -0.2) is 0 Å². The van der Waals surface area contributed by atoms with Crippen LogP contribution < -0.4 is 0 Å². The zero-order chi connectivity index (χ0) is 15.0. The van der Waals surface area contributed by atoms with Crippen LogP contribution in [0, 0.1) is 5.41 Å². The number of benzene rings is 2. The first-order chi connectivity index (χ1) is 10.3. The van der Waals surface area contributed by atoms with Gasteiger partial charge in [-0.3, -0.25) is 0 Å². The van der Waals surface area contributed by atoms with Gasteiger partial charge in [0.05, 0.1) is 0 Å². The molecule has 0 unspecified atom stereocenters. The van der Waals surface area contributed by atoms with Crippen molar-refractivity contribution in [1.82, 2.24) is 0 Å². The highest BCUT2D eigenvalue weighted by Crippen LogP contribution is 2.32.